The van der Waals surface area contributed by atoms with Crippen molar-refractivity contribution in [2.45, 2.75) is 38.4 Å². The first-order chi connectivity index (χ1) is 4.38. The van der Waals surface area contributed by atoms with Gasteiger partial charge in [0.1, 0.15) is 0 Å². The number of hydrogen-bond acceptors (Lipinski definition) is 2. The first-order valence-electron chi connectivity index (χ1n) is 3.64. The van der Waals surface area contributed by atoms with Crippen LogP contribution < -0.4 is 0 Å². The van der Waals surface area contributed by atoms with Crippen molar-refractivity contribution in [2.75, 3.05) is 6.61 Å². The number of rotatable bonds is 4. The molecule has 0 aromatic heterocycles. The van der Waals surface area contributed by atoms with Gasteiger partial charge in [-0.3, -0.25) is 0 Å². The van der Waals surface area contributed by atoms with E-state index in [2.05, 4.69) is 6.92 Å². The van der Waals surface area contributed by atoms with E-state index >= 15 is 0 Å². The predicted octanol–water partition coefficient (Wildman–Crippen LogP) is 0.936. The van der Waals surface area contributed by atoms with E-state index in [1.807, 2.05) is 0 Å². The zero-order valence-electron chi connectivity index (χ0n) is 5.84. The summed E-state index contributed by atoms with van der Waals surface area (Å²) in [5.41, 5.74) is 0. The van der Waals surface area contributed by atoms with Gasteiger partial charge in [0, 0.05) is 6.61 Å². The summed E-state index contributed by atoms with van der Waals surface area (Å²) in [5, 5.41) is 8.48. The minimum absolute atomic E-state index is 0.269. The Morgan fingerprint density at radius 2 is 2.00 bits per heavy atom. The summed E-state index contributed by atoms with van der Waals surface area (Å²) in [5.74, 6) is 0. The molecule has 0 aromatic rings. The van der Waals surface area contributed by atoms with Crippen LogP contribution in [0.4, 0.5) is 0 Å². The van der Waals surface area contributed by atoms with Crippen LogP contribution in [0.25, 0.3) is 0 Å². The van der Waals surface area contributed by atoms with E-state index in [1.54, 1.807) is 0 Å². The van der Waals surface area contributed by atoms with Gasteiger partial charge in [-0.05, 0) is 12.8 Å². The number of ether oxygens (including phenoxy) is 1. The van der Waals surface area contributed by atoms with Crippen molar-refractivity contribution in [3.8, 4) is 0 Å². The second-order valence-corrected chi connectivity index (χ2v) is 2.51. The third-order valence-corrected chi connectivity index (χ3v) is 1.67. The van der Waals surface area contributed by atoms with Gasteiger partial charge < -0.3 is 9.84 Å². The Hall–Kier alpha value is -0.0800. The van der Waals surface area contributed by atoms with Crippen molar-refractivity contribution >= 4 is 0 Å². The lowest BCUT2D eigenvalue weighted by Gasteiger charge is -1.87. The molecule has 2 nitrogen and oxygen atoms in total. The highest BCUT2D eigenvalue weighted by Crippen LogP contribution is 2.28. The standard InChI is InChI=1S/C7H14O2/c1-2-3-6-7(9-6)4-5-8/h6-8H,2-5H2,1H3/t6-,7+/m1/s1. The van der Waals surface area contributed by atoms with Gasteiger partial charge in [-0.2, -0.15) is 0 Å². The second kappa shape index (κ2) is 3.18. The molecule has 1 fully saturated rings. The zero-order chi connectivity index (χ0) is 6.69. The molecule has 54 valence electrons. The molecular weight excluding hydrogens is 116 g/mol. The number of aliphatic hydroxyl groups excluding tert-OH is 1. The van der Waals surface area contributed by atoms with Gasteiger partial charge in [-0.1, -0.05) is 13.3 Å². The third-order valence-electron chi connectivity index (χ3n) is 1.67. The smallest absolute Gasteiger partial charge is 0.0863 e. The fourth-order valence-electron chi connectivity index (χ4n) is 1.10. The van der Waals surface area contributed by atoms with Gasteiger partial charge >= 0.3 is 0 Å². The summed E-state index contributed by atoms with van der Waals surface area (Å²) in [6, 6.07) is 0. The molecule has 0 aliphatic carbocycles. The van der Waals surface area contributed by atoms with Gasteiger partial charge in [-0.15, -0.1) is 0 Å². The largest absolute Gasteiger partial charge is 0.396 e. The lowest BCUT2D eigenvalue weighted by atomic mass is 10.2. The molecule has 1 rings (SSSR count). The van der Waals surface area contributed by atoms with E-state index in [4.69, 9.17) is 9.84 Å². The van der Waals surface area contributed by atoms with Crippen molar-refractivity contribution in [1.82, 2.24) is 0 Å². The molecule has 0 aromatic carbocycles. The van der Waals surface area contributed by atoms with E-state index in [-0.39, 0.29) is 6.61 Å². The van der Waals surface area contributed by atoms with Gasteiger partial charge in [0.05, 0.1) is 12.2 Å². The highest BCUT2D eigenvalue weighted by atomic mass is 16.6. The summed E-state index contributed by atoms with van der Waals surface area (Å²) >= 11 is 0. The number of epoxide rings is 1. The van der Waals surface area contributed by atoms with Crippen molar-refractivity contribution in [3.05, 3.63) is 0 Å². The Morgan fingerprint density at radius 3 is 2.56 bits per heavy atom. The Labute approximate surface area is 55.8 Å². The van der Waals surface area contributed by atoms with Crippen LogP contribution in [0.2, 0.25) is 0 Å². The van der Waals surface area contributed by atoms with Crippen molar-refractivity contribution in [1.29, 1.82) is 0 Å². The van der Waals surface area contributed by atoms with E-state index in [9.17, 15) is 0 Å². The van der Waals surface area contributed by atoms with Crippen LogP contribution in [-0.2, 0) is 4.74 Å². The minimum Gasteiger partial charge on any atom is -0.396 e. The van der Waals surface area contributed by atoms with Crippen LogP contribution in [0.15, 0.2) is 0 Å². The van der Waals surface area contributed by atoms with E-state index in [1.165, 1.54) is 6.42 Å². The van der Waals surface area contributed by atoms with Gasteiger partial charge in [-0.25, -0.2) is 0 Å². The fourth-order valence-corrected chi connectivity index (χ4v) is 1.10. The molecule has 1 saturated heterocycles. The summed E-state index contributed by atoms with van der Waals surface area (Å²) < 4.78 is 5.24. The SMILES string of the molecule is CCC[C@H]1O[C@H]1CCO. The molecule has 1 heterocycles. The summed E-state index contributed by atoms with van der Waals surface area (Å²) in [4.78, 5) is 0. The van der Waals surface area contributed by atoms with E-state index in [0.717, 1.165) is 12.8 Å². The minimum atomic E-state index is 0.269. The molecule has 0 saturated carbocycles. The lowest BCUT2D eigenvalue weighted by molar-refractivity contribution is 0.262. The van der Waals surface area contributed by atoms with Gasteiger partial charge in [0.2, 0.25) is 0 Å². The molecule has 1 aliphatic rings. The molecule has 2 atom stereocenters. The van der Waals surface area contributed by atoms with Crippen LogP contribution in [0.3, 0.4) is 0 Å². The first kappa shape index (κ1) is 7.03. The van der Waals surface area contributed by atoms with Crippen LogP contribution in [0.5, 0.6) is 0 Å². The molecule has 9 heavy (non-hydrogen) atoms. The molecule has 2 heteroatoms. The van der Waals surface area contributed by atoms with E-state index in [0.29, 0.717) is 12.2 Å². The van der Waals surface area contributed by atoms with Crippen molar-refractivity contribution in [3.63, 3.8) is 0 Å². The molecule has 0 spiro atoms. The topological polar surface area (TPSA) is 32.8 Å². The normalized spacial score (nSPS) is 32.7. The molecule has 1 aliphatic heterocycles. The van der Waals surface area contributed by atoms with Crippen LogP contribution in [-0.4, -0.2) is 23.9 Å². The average Bonchev–Trinajstić information content (AvgIpc) is 2.50. The maximum absolute atomic E-state index is 8.48. The highest BCUT2D eigenvalue weighted by Gasteiger charge is 2.36. The van der Waals surface area contributed by atoms with E-state index < -0.39 is 0 Å². The maximum atomic E-state index is 8.48. The fraction of sp³-hybridized carbons (Fsp3) is 1.00. The Bertz CT molecular complexity index is 73.0. The Balaban J connectivity index is 1.96. The number of aliphatic hydroxyl groups is 1. The van der Waals surface area contributed by atoms with Crippen LogP contribution >= 0.6 is 0 Å². The summed E-state index contributed by atoms with van der Waals surface area (Å²) in [6.07, 6.45) is 4.03. The molecule has 1 N–H and O–H groups in total. The van der Waals surface area contributed by atoms with Gasteiger partial charge in [0.25, 0.3) is 0 Å². The first-order valence-corrected chi connectivity index (χ1v) is 3.64. The number of hydrogen-bond donors (Lipinski definition) is 1. The Kier molecular flexibility index (Phi) is 2.49. The lowest BCUT2D eigenvalue weighted by Crippen LogP contribution is -1.95. The second-order valence-electron chi connectivity index (χ2n) is 2.51. The van der Waals surface area contributed by atoms with Crippen LogP contribution in [0, 0.1) is 0 Å². The van der Waals surface area contributed by atoms with Crippen molar-refractivity contribution in [2.24, 2.45) is 0 Å². The molecular formula is C7H14O2. The monoisotopic (exact) mass is 130 g/mol. The maximum Gasteiger partial charge on any atom is 0.0863 e. The molecule has 0 unspecified atom stereocenters. The summed E-state index contributed by atoms with van der Waals surface area (Å²) in [7, 11) is 0. The molecule has 0 amide bonds. The van der Waals surface area contributed by atoms with Crippen LogP contribution in [0.1, 0.15) is 26.2 Å². The predicted molar refractivity (Wildman–Crippen MR) is 35.3 cm³/mol. The summed E-state index contributed by atoms with van der Waals surface area (Å²) in [6.45, 7) is 2.42. The molecule has 0 radical (unpaired) electrons. The zero-order valence-corrected chi connectivity index (χ0v) is 5.84. The average molecular weight is 130 g/mol. The molecule has 0 bridgehead atoms. The van der Waals surface area contributed by atoms with Gasteiger partial charge in [0.15, 0.2) is 0 Å². The quantitative estimate of drug-likeness (QED) is 0.574. The Morgan fingerprint density at radius 1 is 1.33 bits per heavy atom. The van der Waals surface area contributed by atoms with Crippen molar-refractivity contribution < 1.29 is 9.84 Å². The third kappa shape index (κ3) is 1.95. The highest BCUT2D eigenvalue weighted by molar-refractivity contribution is 4.83.